The topological polar surface area (TPSA) is 12.0 Å². The molecule has 1 aliphatic rings. The Morgan fingerprint density at radius 1 is 0.786 bits per heavy atom. The van der Waals surface area contributed by atoms with Gasteiger partial charge in [-0.3, -0.25) is 0 Å². The second kappa shape index (κ2) is 2.91. The van der Waals surface area contributed by atoms with Crippen LogP contribution in [-0.4, -0.2) is 7.41 Å². The van der Waals surface area contributed by atoms with Crippen LogP contribution in [0.15, 0.2) is 48.5 Å². The minimum Gasteiger partial charge on any atom is -0.426 e. The largest absolute Gasteiger partial charge is 0.426 e. The molecular weight excluding hydrogens is 169 g/mol. The van der Waals surface area contributed by atoms with Crippen molar-refractivity contribution in [2.24, 2.45) is 0 Å². The predicted molar refractivity (Wildman–Crippen MR) is 62.3 cm³/mol. The second-order valence-electron chi connectivity index (χ2n) is 3.56. The van der Waals surface area contributed by atoms with Crippen molar-refractivity contribution in [3.63, 3.8) is 0 Å². The molecule has 0 unspecified atom stereocenters. The Bertz CT molecular complexity index is 434. The molecule has 0 radical (unpaired) electrons. The molecule has 14 heavy (non-hydrogen) atoms. The number of anilines is 1. The third kappa shape index (κ3) is 1.04. The summed E-state index contributed by atoms with van der Waals surface area (Å²) < 4.78 is 0. The molecule has 1 nitrogen and oxygen atoms in total. The fraction of sp³-hybridized carbons (Fsp3) is 0. The van der Waals surface area contributed by atoms with Gasteiger partial charge in [-0.25, -0.2) is 0 Å². The average molecular weight is 179 g/mol. The lowest BCUT2D eigenvalue weighted by atomic mass is 9.74. The van der Waals surface area contributed by atoms with Gasteiger partial charge in [-0.1, -0.05) is 47.9 Å². The van der Waals surface area contributed by atoms with Gasteiger partial charge in [0.15, 0.2) is 0 Å². The Labute approximate surface area is 84.0 Å². The normalized spacial score (nSPS) is 12.0. The van der Waals surface area contributed by atoms with Crippen LogP contribution in [-0.2, 0) is 0 Å². The van der Waals surface area contributed by atoms with E-state index < -0.39 is 0 Å². The summed E-state index contributed by atoms with van der Waals surface area (Å²) in [6.07, 6.45) is 0. The fourth-order valence-corrected chi connectivity index (χ4v) is 2.00. The van der Waals surface area contributed by atoms with Gasteiger partial charge in [0.2, 0.25) is 0 Å². The van der Waals surface area contributed by atoms with Crippen molar-refractivity contribution in [1.29, 1.82) is 0 Å². The second-order valence-corrected chi connectivity index (χ2v) is 3.56. The van der Waals surface area contributed by atoms with Crippen LogP contribution in [0.5, 0.6) is 0 Å². The predicted octanol–water partition coefficient (Wildman–Crippen LogP) is 1.76. The Morgan fingerprint density at radius 3 is 2.43 bits per heavy atom. The van der Waals surface area contributed by atoms with Crippen LogP contribution in [0.3, 0.4) is 0 Å². The molecule has 0 amide bonds. The third-order valence-corrected chi connectivity index (χ3v) is 2.70. The van der Waals surface area contributed by atoms with E-state index in [9.17, 15) is 0 Å². The Balaban J connectivity index is 2.29. The molecule has 0 bridgehead atoms. The van der Waals surface area contributed by atoms with E-state index in [1.54, 1.807) is 0 Å². The summed E-state index contributed by atoms with van der Waals surface area (Å²) in [6, 6.07) is 17.0. The van der Waals surface area contributed by atoms with E-state index in [1.807, 2.05) is 0 Å². The van der Waals surface area contributed by atoms with Gasteiger partial charge in [-0.15, -0.1) is 0 Å². The molecule has 0 spiro atoms. The van der Waals surface area contributed by atoms with Crippen LogP contribution >= 0.6 is 0 Å². The van der Waals surface area contributed by atoms with Gasteiger partial charge in [0.25, 0.3) is 7.41 Å². The zero-order valence-corrected chi connectivity index (χ0v) is 7.83. The van der Waals surface area contributed by atoms with Crippen molar-refractivity contribution in [3.05, 3.63) is 48.5 Å². The zero-order chi connectivity index (χ0) is 9.38. The number of fused-ring (bicyclic) bond motifs is 3. The Kier molecular flexibility index (Phi) is 1.60. The lowest BCUT2D eigenvalue weighted by Crippen LogP contribution is -2.28. The smallest absolute Gasteiger partial charge is 0.267 e. The van der Waals surface area contributed by atoms with Crippen LogP contribution in [0.2, 0.25) is 0 Å². The first-order valence-electron chi connectivity index (χ1n) is 4.86. The molecule has 0 saturated heterocycles. The van der Waals surface area contributed by atoms with Gasteiger partial charge < -0.3 is 5.23 Å². The molecule has 2 aromatic rings. The van der Waals surface area contributed by atoms with Crippen molar-refractivity contribution in [2.45, 2.75) is 0 Å². The lowest BCUT2D eigenvalue weighted by molar-refractivity contribution is 1.59. The quantitative estimate of drug-likeness (QED) is 0.607. The van der Waals surface area contributed by atoms with Crippen LogP contribution in [0.25, 0.3) is 11.1 Å². The van der Waals surface area contributed by atoms with Crippen LogP contribution < -0.4 is 10.7 Å². The fourth-order valence-electron chi connectivity index (χ4n) is 2.00. The minimum atomic E-state index is 0.938. The summed E-state index contributed by atoms with van der Waals surface area (Å²) in [5.41, 5.74) is 5.30. The maximum absolute atomic E-state index is 3.42. The maximum atomic E-state index is 3.42. The Morgan fingerprint density at radius 2 is 1.50 bits per heavy atom. The molecule has 0 aliphatic carbocycles. The van der Waals surface area contributed by atoms with E-state index in [4.69, 9.17) is 0 Å². The van der Waals surface area contributed by atoms with Crippen molar-refractivity contribution in [1.82, 2.24) is 0 Å². The molecule has 1 heterocycles. The summed E-state index contributed by atoms with van der Waals surface area (Å²) in [4.78, 5) is 0. The zero-order valence-electron chi connectivity index (χ0n) is 7.83. The molecule has 0 atom stereocenters. The molecule has 0 aromatic heterocycles. The molecule has 66 valence electrons. The van der Waals surface area contributed by atoms with Gasteiger partial charge in [0.05, 0.1) is 0 Å². The summed E-state index contributed by atoms with van der Waals surface area (Å²) in [6.45, 7) is 0. The van der Waals surface area contributed by atoms with E-state index in [0.717, 1.165) is 7.41 Å². The van der Waals surface area contributed by atoms with E-state index >= 15 is 0 Å². The van der Waals surface area contributed by atoms with Crippen molar-refractivity contribution < 1.29 is 0 Å². The number of rotatable bonds is 0. The standard InChI is InChI=1S/C12H10BN/c1-3-7-11-9(5-1)10-6-2-4-8-12(10)14-13-11/h1-8,13-14H. The summed E-state index contributed by atoms with van der Waals surface area (Å²) >= 11 is 0. The van der Waals surface area contributed by atoms with Gasteiger partial charge in [-0.05, 0) is 11.6 Å². The highest BCUT2D eigenvalue weighted by Gasteiger charge is 2.14. The highest BCUT2D eigenvalue weighted by molar-refractivity contribution is 6.60. The average Bonchev–Trinajstić information content (AvgIpc) is 2.29. The number of hydrogen-bond donors (Lipinski definition) is 1. The van der Waals surface area contributed by atoms with E-state index in [0.29, 0.717) is 0 Å². The highest BCUT2D eigenvalue weighted by Crippen LogP contribution is 2.28. The molecular formula is C12H10BN. The third-order valence-electron chi connectivity index (χ3n) is 2.70. The molecule has 1 aliphatic heterocycles. The first-order chi connectivity index (χ1) is 6.95. The number of para-hydroxylation sites is 1. The Hall–Kier alpha value is -1.70. The molecule has 0 saturated carbocycles. The van der Waals surface area contributed by atoms with Gasteiger partial charge in [0.1, 0.15) is 0 Å². The summed E-state index contributed by atoms with van der Waals surface area (Å²) in [5.74, 6) is 0. The van der Waals surface area contributed by atoms with Gasteiger partial charge >= 0.3 is 0 Å². The molecule has 2 heteroatoms. The molecule has 0 fully saturated rings. The van der Waals surface area contributed by atoms with Crippen molar-refractivity contribution in [3.8, 4) is 11.1 Å². The van der Waals surface area contributed by atoms with Crippen molar-refractivity contribution in [2.75, 3.05) is 5.23 Å². The van der Waals surface area contributed by atoms with E-state index in [-0.39, 0.29) is 0 Å². The minimum absolute atomic E-state index is 0.938. The first kappa shape index (κ1) is 7.68. The SMILES string of the molecule is B1Nc2ccccc2-c2ccccc21. The van der Waals surface area contributed by atoms with Gasteiger partial charge in [0, 0.05) is 11.3 Å². The molecule has 3 rings (SSSR count). The van der Waals surface area contributed by atoms with Gasteiger partial charge in [-0.2, -0.15) is 0 Å². The highest BCUT2D eigenvalue weighted by atomic mass is 14.8. The van der Waals surface area contributed by atoms with E-state index in [1.165, 1.54) is 22.3 Å². The number of hydrogen-bond acceptors (Lipinski definition) is 1. The lowest BCUT2D eigenvalue weighted by Gasteiger charge is -2.20. The maximum Gasteiger partial charge on any atom is 0.267 e. The molecule has 2 aromatic carbocycles. The number of benzene rings is 2. The van der Waals surface area contributed by atoms with Crippen molar-refractivity contribution >= 4 is 18.6 Å². The number of nitrogens with one attached hydrogen (secondary N) is 1. The van der Waals surface area contributed by atoms with Crippen LogP contribution in [0.1, 0.15) is 0 Å². The first-order valence-corrected chi connectivity index (χ1v) is 4.86. The van der Waals surface area contributed by atoms with Crippen LogP contribution in [0.4, 0.5) is 5.69 Å². The monoisotopic (exact) mass is 179 g/mol. The van der Waals surface area contributed by atoms with Crippen LogP contribution in [0, 0.1) is 0 Å². The summed E-state index contributed by atoms with van der Waals surface area (Å²) in [5, 5.41) is 3.42. The molecule has 1 N–H and O–H groups in total. The summed E-state index contributed by atoms with van der Waals surface area (Å²) in [7, 11) is 0.938. The van der Waals surface area contributed by atoms with E-state index in [2.05, 4.69) is 53.8 Å².